The molecule has 4 nitrogen and oxygen atoms in total. The number of furan rings is 2. The van der Waals surface area contributed by atoms with E-state index in [0.717, 1.165) is 27.5 Å². The number of rotatable bonds is 4. The number of hydrogen-bond donors (Lipinski definition) is 1. The number of anilines is 1. The smallest absolute Gasteiger partial charge is 0.248 e. The van der Waals surface area contributed by atoms with Crippen LogP contribution in [0.1, 0.15) is 5.76 Å². The quantitative estimate of drug-likeness (QED) is 0.285. The van der Waals surface area contributed by atoms with Crippen LogP contribution in [0.2, 0.25) is 10.0 Å². The Kier molecular flexibility index (Phi) is 5.02. The summed E-state index contributed by atoms with van der Waals surface area (Å²) in [5.41, 5.74) is 2.91. The summed E-state index contributed by atoms with van der Waals surface area (Å²) < 4.78 is 11.6. The zero-order valence-electron chi connectivity index (χ0n) is 16.1. The van der Waals surface area contributed by atoms with E-state index >= 15 is 0 Å². The third-order valence-corrected chi connectivity index (χ3v) is 5.42. The monoisotopic (exact) mass is 447 g/mol. The zero-order chi connectivity index (χ0) is 21.4. The lowest BCUT2D eigenvalue weighted by Crippen LogP contribution is -2.07. The van der Waals surface area contributed by atoms with Crippen LogP contribution in [0, 0.1) is 0 Å². The fourth-order valence-electron chi connectivity index (χ4n) is 3.42. The summed E-state index contributed by atoms with van der Waals surface area (Å²) in [4.78, 5) is 12.4. The van der Waals surface area contributed by atoms with E-state index in [-0.39, 0.29) is 5.91 Å². The summed E-state index contributed by atoms with van der Waals surface area (Å²) in [6.07, 6.45) is 3.01. The minimum absolute atomic E-state index is 0.280. The van der Waals surface area contributed by atoms with Crippen LogP contribution in [0.25, 0.3) is 39.3 Å². The number of carbonyl (C=O) groups is 1. The van der Waals surface area contributed by atoms with Gasteiger partial charge in [0.25, 0.3) is 0 Å². The average Bonchev–Trinajstić information content (AvgIpc) is 3.36. The van der Waals surface area contributed by atoms with Crippen LogP contribution in [0.4, 0.5) is 5.69 Å². The number of fused-ring (bicyclic) bond motifs is 3. The SMILES string of the molecule is O=C(/C=C/c1ccc(-c2ccc(Cl)cc2Cl)o1)Nc1ccc2c(c1)oc1ccccc12. The zero-order valence-corrected chi connectivity index (χ0v) is 17.6. The van der Waals surface area contributed by atoms with Gasteiger partial charge in [-0.2, -0.15) is 0 Å². The summed E-state index contributed by atoms with van der Waals surface area (Å²) >= 11 is 12.2. The molecule has 0 bridgehead atoms. The van der Waals surface area contributed by atoms with Gasteiger partial charge in [0.05, 0.1) is 5.02 Å². The van der Waals surface area contributed by atoms with Crippen LogP contribution in [0.5, 0.6) is 0 Å². The Bertz CT molecular complexity index is 1460. The molecule has 0 aliphatic heterocycles. The van der Waals surface area contributed by atoms with Crippen LogP contribution in [0.15, 0.2) is 87.7 Å². The molecule has 5 aromatic rings. The van der Waals surface area contributed by atoms with E-state index in [1.165, 1.54) is 6.08 Å². The highest BCUT2D eigenvalue weighted by Crippen LogP contribution is 2.32. The molecule has 0 radical (unpaired) electrons. The second-order valence-corrected chi connectivity index (χ2v) is 7.80. The van der Waals surface area contributed by atoms with Crippen LogP contribution < -0.4 is 5.32 Å². The number of amides is 1. The molecule has 1 N–H and O–H groups in total. The van der Waals surface area contributed by atoms with Gasteiger partial charge >= 0.3 is 0 Å². The van der Waals surface area contributed by atoms with Gasteiger partial charge in [-0.3, -0.25) is 4.79 Å². The number of hydrogen-bond acceptors (Lipinski definition) is 3. The Balaban J connectivity index is 1.31. The second-order valence-electron chi connectivity index (χ2n) is 6.96. The molecular formula is C25H15Cl2NO3. The number of carbonyl (C=O) groups excluding carboxylic acids is 1. The second kappa shape index (κ2) is 7.99. The third-order valence-electron chi connectivity index (χ3n) is 4.87. The van der Waals surface area contributed by atoms with E-state index < -0.39 is 0 Å². The lowest BCUT2D eigenvalue weighted by Gasteiger charge is -2.02. The fraction of sp³-hybridized carbons (Fsp3) is 0. The third kappa shape index (κ3) is 3.96. The fourth-order valence-corrected chi connectivity index (χ4v) is 3.92. The molecule has 0 spiro atoms. The maximum absolute atomic E-state index is 12.4. The van der Waals surface area contributed by atoms with E-state index in [0.29, 0.717) is 27.3 Å². The van der Waals surface area contributed by atoms with Crippen molar-refractivity contribution in [3.63, 3.8) is 0 Å². The van der Waals surface area contributed by atoms with E-state index in [1.807, 2.05) is 42.5 Å². The molecule has 3 aromatic carbocycles. The first-order valence-electron chi connectivity index (χ1n) is 9.52. The Morgan fingerprint density at radius 1 is 0.839 bits per heavy atom. The van der Waals surface area contributed by atoms with Gasteiger partial charge in [0.2, 0.25) is 5.91 Å². The van der Waals surface area contributed by atoms with Gasteiger partial charge < -0.3 is 14.2 Å². The molecule has 0 atom stereocenters. The van der Waals surface area contributed by atoms with Crippen molar-refractivity contribution in [3.05, 3.63) is 94.7 Å². The molecule has 1 amide bonds. The summed E-state index contributed by atoms with van der Waals surface area (Å²) in [6, 6.07) is 22.2. The van der Waals surface area contributed by atoms with Gasteiger partial charge in [0.1, 0.15) is 22.7 Å². The van der Waals surface area contributed by atoms with Crippen molar-refractivity contribution in [2.24, 2.45) is 0 Å². The highest BCUT2D eigenvalue weighted by atomic mass is 35.5. The number of benzene rings is 3. The molecule has 2 aromatic heterocycles. The largest absolute Gasteiger partial charge is 0.457 e. The molecule has 2 heterocycles. The van der Waals surface area contributed by atoms with Crippen molar-refractivity contribution in [3.8, 4) is 11.3 Å². The van der Waals surface area contributed by atoms with E-state index in [9.17, 15) is 4.79 Å². The average molecular weight is 448 g/mol. The molecule has 0 saturated heterocycles. The van der Waals surface area contributed by atoms with Crippen molar-refractivity contribution in [1.29, 1.82) is 0 Å². The minimum Gasteiger partial charge on any atom is -0.457 e. The summed E-state index contributed by atoms with van der Waals surface area (Å²) in [5, 5.41) is 5.94. The molecule has 0 saturated carbocycles. The maximum Gasteiger partial charge on any atom is 0.248 e. The topological polar surface area (TPSA) is 55.4 Å². The van der Waals surface area contributed by atoms with E-state index in [1.54, 1.807) is 36.4 Å². The van der Waals surface area contributed by atoms with Crippen molar-refractivity contribution in [1.82, 2.24) is 0 Å². The molecule has 0 aliphatic rings. The van der Waals surface area contributed by atoms with E-state index in [2.05, 4.69) is 5.32 Å². The molecule has 6 heteroatoms. The predicted octanol–water partition coefficient (Wildman–Crippen LogP) is 7.80. The van der Waals surface area contributed by atoms with Crippen molar-refractivity contribution in [2.75, 3.05) is 5.32 Å². The summed E-state index contributed by atoms with van der Waals surface area (Å²) in [7, 11) is 0. The highest BCUT2D eigenvalue weighted by Gasteiger charge is 2.10. The lowest BCUT2D eigenvalue weighted by atomic mass is 10.1. The number of nitrogens with one attached hydrogen (secondary N) is 1. The van der Waals surface area contributed by atoms with Gasteiger partial charge in [0.15, 0.2) is 0 Å². The van der Waals surface area contributed by atoms with E-state index in [4.69, 9.17) is 32.0 Å². The molecular weight excluding hydrogens is 433 g/mol. The number of para-hydroxylation sites is 1. The predicted molar refractivity (Wildman–Crippen MR) is 126 cm³/mol. The first-order valence-corrected chi connectivity index (χ1v) is 10.3. The first-order chi connectivity index (χ1) is 15.1. The van der Waals surface area contributed by atoms with Crippen molar-refractivity contribution >= 4 is 62.8 Å². The molecule has 0 fully saturated rings. The Hall–Kier alpha value is -3.47. The Morgan fingerprint density at radius 3 is 2.55 bits per heavy atom. The van der Waals surface area contributed by atoms with Crippen LogP contribution in [0.3, 0.4) is 0 Å². The Labute approximate surface area is 187 Å². The lowest BCUT2D eigenvalue weighted by molar-refractivity contribution is -0.111. The summed E-state index contributed by atoms with van der Waals surface area (Å²) in [6.45, 7) is 0. The summed E-state index contributed by atoms with van der Waals surface area (Å²) in [5.74, 6) is 0.846. The van der Waals surface area contributed by atoms with Gasteiger partial charge in [-0.1, -0.05) is 41.4 Å². The molecule has 31 heavy (non-hydrogen) atoms. The van der Waals surface area contributed by atoms with Gasteiger partial charge in [-0.05, 0) is 54.6 Å². The normalized spacial score (nSPS) is 11.5. The standard InChI is InChI=1S/C25H15Cl2NO3/c26-15-5-9-20(21(27)13-15)23-11-7-17(30-23)8-12-25(29)28-16-6-10-19-18-3-1-2-4-22(18)31-24(19)14-16/h1-14H,(H,28,29)/b12-8+. The number of halogens is 2. The highest BCUT2D eigenvalue weighted by molar-refractivity contribution is 6.36. The van der Waals surface area contributed by atoms with Crippen molar-refractivity contribution in [2.45, 2.75) is 0 Å². The maximum atomic E-state index is 12.4. The molecule has 152 valence electrons. The minimum atomic E-state index is -0.280. The van der Waals surface area contributed by atoms with Crippen LogP contribution in [-0.2, 0) is 4.79 Å². The van der Waals surface area contributed by atoms with Crippen LogP contribution >= 0.6 is 23.2 Å². The first kappa shape index (κ1) is 19.5. The molecule has 0 aliphatic carbocycles. The van der Waals surface area contributed by atoms with Gasteiger partial charge in [-0.15, -0.1) is 0 Å². The van der Waals surface area contributed by atoms with Crippen molar-refractivity contribution < 1.29 is 13.6 Å². The Morgan fingerprint density at radius 2 is 1.68 bits per heavy atom. The van der Waals surface area contributed by atoms with Crippen LogP contribution in [-0.4, -0.2) is 5.91 Å². The van der Waals surface area contributed by atoms with Gasteiger partial charge in [0, 0.05) is 39.2 Å². The molecule has 0 unspecified atom stereocenters. The molecule has 5 rings (SSSR count). The van der Waals surface area contributed by atoms with Gasteiger partial charge in [-0.25, -0.2) is 0 Å².